The van der Waals surface area contributed by atoms with E-state index in [1.165, 1.54) is 10.5 Å². The van der Waals surface area contributed by atoms with Crippen molar-refractivity contribution in [1.82, 2.24) is 0 Å². The number of aryl methyl sites for hydroxylation is 1. The molecule has 0 saturated carbocycles. The molecule has 0 radical (unpaired) electrons. The van der Waals surface area contributed by atoms with Gasteiger partial charge >= 0.3 is 0 Å². The van der Waals surface area contributed by atoms with Gasteiger partial charge in [0.25, 0.3) is 0 Å². The van der Waals surface area contributed by atoms with E-state index in [1.54, 1.807) is 11.8 Å². The predicted molar refractivity (Wildman–Crippen MR) is 79.1 cm³/mol. The van der Waals surface area contributed by atoms with Crippen molar-refractivity contribution in [2.75, 3.05) is 0 Å². The lowest BCUT2D eigenvalue weighted by Gasteiger charge is -2.05. The Morgan fingerprint density at radius 2 is 1.82 bits per heavy atom. The molecule has 0 fully saturated rings. The zero-order chi connectivity index (χ0) is 12.3. The zero-order valence-corrected chi connectivity index (χ0v) is 12.6. The summed E-state index contributed by atoms with van der Waals surface area (Å²) in [7, 11) is 0. The van der Waals surface area contributed by atoms with Gasteiger partial charge in [-0.05, 0) is 42.3 Å². The van der Waals surface area contributed by atoms with E-state index in [0.717, 1.165) is 20.8 Å². The maximum absolute atomic E-state index is 6.19. The largest absolute Gasteiger partial charge is 0.0885 e. The highest BCUT2D eigenvalue weighted by molar-refractivity contribution is 9.10. The topological polar surface area (TPSA) is 0 Å². The number of hydrogen-bond donors (Lipinski definition) is 0. The molecule has 0 unspecified atom stereocenters. The van der Waals surface area contributed by atoms with Crippen molar-refractivity contribution < 1.29 is 0 Å². The molecule has 3 heteroatoms. The molecule has 0 aliphatic carbocycles. The van der Waals surface area contributed by atoms with Gasteiger partial charge in [-0.25, -0.2) is 0 Å². The Balaban J connectivity index is 2.19. The summed E-state index contributed by atoms with van der Waals surface area (Å²) in [6, 6.07) is 14.6. The quantitative estimate of drug-likeness (QED) is 0.685. The van der Waals surface area contributed by atoms with Crippen LogP contribution in [0.3, 0.4) is 0 Å². The van der Waals surface area contributed by atoms with Crippen LogP contribution in [0.5, 0.6) is 0 Å². The number of benzene rings is 2. The lowest BCUT2D eigenvalue weighted by Crippen LogP contribution is -1.80. The van der Waals surface area contributed by atoms with Crippen molar-refractivity contribution in [1.29, 1.82) is 0 Å². The lowest BCUT2D eigenvalue weighted by molar-refractivity contribution is 1.13. The molecule has 0 bridgehead atoms. The van der Waals surface area contributed by atoms with E-state index in [9.17, 15) is 0 Å². The van der Waals surface area contributed by atoms with Gasteiger partial charge in [0.1, 0.15) is 0 Å². The number of hydrogen-bond acceptors (Lipinski definition) is 1. The normalized spacial score (nSPS) is 10.5. The summed E-state index contributed by atoms with van der Waals surface area (Å²) in [5.41, 5.74) is 1.36. The second kappa shape index (κ2) is 5.94. The first kappa shape index (κ1) is 13.0. The highest BCUT2D eigenvalue weighted by atomic mass is 79.9. The van der Waals surface area contributed by atoms with Crippen LogP contribution in [0.15, 0.2) is 56.7 Å². The van der Waals surface area contributed by atoms with Crippen LogP contribution in [0.2, 0.25) is 5.02 Å². The van der Waals surface area contributed by atoms with Gasteiger partial charge in [0.2, 0.25) is 0 Å². The molecule has 0 aromatic heterocycles. The standard InChI is InChI=1S/C14H12BrClS/c1-2-10-3-6-12(7-4-10)17-14-8-5-11(15)9-13(14)16/h3-9H,2H2,1H3. The van der Waals surface area contributed by atoms with Gasteiger partial charge in [0.05, 0.1) is 5.02 Å². The first-order valence-corrected chi connectivity index (χ1v) is 7.39. The molecule has 0 aliphatic rings. The summed E-state index contributed by atoms with van der Waals surface area (Å²) in [6.45, 7) is 2.16. The van der Waals surface area contributed by atoms with Crippen molar-refractivity contribution in [3.05, 3.63) is 57.5 Å². The van der Waals surface area contributed by atoms with Gasteiger partial charge in [-0.15, -0.1) is 0 Å². The summed E-state index contributed by atoms with van der Waals surface area (Å²) in [5, 5.41) is 0.781. The predicted octanol–water partition coefficient (Wildman–Crippen LogP) is 5.82. The molecule has 0 aliphatic heterocycles. The number of halogens is 2. The molecule has 0 saturated heterocycles. The zero-order valence-electron chi connectivity index (χ0n) is 9.41. The van der Waals surface area contributed by atoms with Crippen LogP contribution in [0, 0.1) is 0 Å². The Morgan fingerprint density at radius 3 is 2.41 bits per heavy atom. The smallest absolute Gasteiger partial charge is 0.0556 e. The van der Waals surface area contributed by atoms with Gasteiger partial charge in [0, 0.05) is 14.3 Å². The Labute approximate surface area is 120 Å². The fraction of sp³-hybridized carbons (Fsp3) is 0.143. The van der Waals surface area contributed by atoms with E-state index in [2.05, 4.69) is 47.1 Å². The average molecular weight is 328 g/mol. The Bertz CT molecular complexity index is 508. The first-order valence-electron chi connectivity index (χ1n) is 5.41. The van der Waals surface area contributed by atoms with Crippen LogP contribution < -0.4 is 0 Å². The molecular weight excluding hydrogens is 316 g/mol. The molecule has 0 N–H and O–H groups in total. The third-order valence-electron chi connectivity index (χ3n) is 2.45. The number of rotatable bonds is 3. The van der Waals surface area contributed by atoms with Crippen LogP contribution in [-0.4, -0.2) is 0 Å². The molecule has 0 heterocycles. The van der Waals surface area contributed by atoms with Crippen molar-refractivity contribution in [3.63, 3.8) is 0 Å². The van der Waals surface area contributed by atoms with Crippen LogP contribution in [-0.2, 0) is 6.42 Å². The maximum atomic E-state index is 6.19. The second-order valence-electron chi connectivity index (χ2n) is 3.67. The van der Waals surface area contributed by atoms with Crippen molar-refractivity contribution in [2.45, 2.75) is 23.1 Å². The SMILES string of the molecule is CCc1ccc(Sc2ccc(Br)cc2Cl)cc1. The molecule has 17 heavy (non-hydrogen) atoms. The van der Waals surface area contributed by atoms with Gasteiger partial charge < -0.3 is 0 Å². The van der Waals surface area contributed by atoms with Gasteiger partial charge in [-0.3, -0.25) is 0 Å². The van der Waals surface area contributed by atoms with E-state index in [-0.39, 0.29) is 0 Å². The molecule has 0 spiro atoms. The highest BCUT2D eigenvalue weighted by Gasteiger charge is 2.03. The van der Waals surface area contributed by atoms with Gasteiger partial charge in [-0.2, -0.15) is 0 Å². The van der Waals surface area contributed by atoms with E-state index < -0.39 is 0 Å². The van der Waals surface area contributed by atoms with Gasteiger partial charge in [0.15, 0.2) is 0 Å². The minimum absolute atomic E-state index is 0.781. The van der Waals surface area contributed by atoms with E-state index in [1.807, 2.05) is 18.2 Å². The van der Waals surface area contributed by atoms with E-state index in [4.69, 9.17) is 11.6 Å². The Morgan fingerprint density at radius 1 is 1.12 bits per heavy atom. The summed E-state index contributed by atoms with van der Waals surface area (Å²) in [4.78, 5) is 2.30. The van der Waals surface area contributed by atoms with Crippen molar-refractivity contribution >= 4 is 39.3 Å². The molecular formula is C14H12BrClS. The maximum Gasteiger partial charge on any atom is 0.0556 e. The first-order chi connectivity index (χ1) is 8.19. The molecule has 0 nitrogen and oxygen atoms in total. The van der Waals surface area contributed by atoms with Crippen LogP contribution in [0.1, 0.15) is 12.5 Å². The minimum Gasteiger partial charge on any atom is -0.0885 e. The Hall–Kier alpha value is -0.440. The minimum atomic E-state index is 0.781. The monoisotopic (exact) mass is 326 g/mol. The average Bonchev–Trinajstić information content (AvgIpc) is 2.34. The molecule has 0 atom stereocenters. The van der Waals surface area contributed by atoms with Crippen LogP contribution in [0.4, 0.5) is 0 Å². The third kappa shape index (κ3) is 3.51. The highest BCUT2D eigenvalue weighted by Crippen LogP contribution is 2.34. The molecule has 2 aromatic carbocycles. The fourth-order valence-electron chi connectivity index (χ4n) is 1.48. The summed E-state index contributed by atoms with van der Waals surface area (Å²) in [5.74, 6) is 0. The second-order valence-corrected chi connectivity index (χ2v) is 6.11. The fourth-order valence-corrected chi connectivity index (χ4v) is 3.09. The summed E-state index contributed by atoms with van der Waals surface area (Å²) >= 11 is 11.3. The van der Waals surface area contributed by atoms with Crippen LogP contribution >= 0.6 is 39.3 Å². The summed E-state index contributed by atoms with van der Waals surface area (Å²) < 4.78 is 1.01. The summed E-state index contributed by atoms with van der Waals surface area (Å²) in [6.07, 6.45) is 1.07. The van der Waals surface area contributed by atoms with E-state index in [0.29, 0.717) is 0 Å². The van der Waals surface area contributed by atoms with Crippen molar-refractivity contribution in [3.8, 4) is 0 Å². The lowest BCUT2D eigenvalue weighted by atomic mass is 10.2. The van der Waals surface area contributed by atoms with E-state index >= 15 is 0 Å². The molecule has 2 aromatic rings. The van der Waals surface area contributed by atoms with Crippen molar-refractivity contribution in [2.24, 2.45) is 0 Å². The molecule has 0 amide bonds. The third-order valence-corrected chi connectivity index (χ3v) is 4.46. The molecule has 88 valence electrons. The molecule has 2 rings (SSSR count). The van der Waals surface area contributed by atoms with Crippen LogP contribution in [0.25, 0.3) is 0 Å². The Kier molecular flexibility index (Phi) is 4.55. The van der Waals surface area contributed by atoms with Gasteiger partial charge in [-0.1, -0.05) is 58.3 Å².